The first-order valence-electron chi connectivity index (χ1n) is 9.67. The predicted molar refractivity (Wildman–Crippen MR) is 101 cm³/mol. The number of nitrogens with zero attached hydrogens (tertiary/aromatic N) is 4. The van der Waals surface area contributed by atoms with Crippen molar-refractivity contribution in [1.29, 1.82) is 0 Å². The second-order valence-electron chi connectivity index (χ2n) is 7.60. The summed E-state index contributed by atoms with van der Waals surface area (Å²) in [7, 11) is 0. The molecule has 158 valence electrons. The van der Waals surface area contributed by atoms with Crippen LogP contribution in [-0.4, -0.2) is 38.5 Å². The molecule has 0 bridgehead atoms. The third-order valence-electron chi connectivity index (χ3n) is 5.32. The average Bonchev–Trinajstić information content (AvgIpc) is 3.08. The first-order chi connectivity index (χ1) is 14.2. The molecule has 0 aliphatic carbocycles. The lowest BCUT2D eigenvalue weighted by Crippen LogP contribution is -2.40. The number of carbonyl (C=O) groups excluding carboxylic acids is 1. The molecule has 9 heteroatoms. The molecule has 1 atom stereocenters. The van der Waals surface area contributed by atoms with Crippen molar-refractivity contribution >= 4 is 11.6 Å². The van der Waals surface area contributed by atoms with Crippen LogP contribution in [-0.2, 0) is 17.4 Å². The van der Waals surface area contributed by atoms with E-state index in [1.165, 1.54) is 18.2 Å². The van der Waals surface area contributed by atoms with E-state index in [1.54, 1.807) is 24.0 Å². The van der Waals surface area contributed by atoms with Gasteiger partial charge in [-0.2, -0.15) is 18.3 Å². The highest BCUT2D eigenvalue weighted by atomic mass is 19.4. The normalized spacial score (nSPS) is 17.5. The number of likely N-dealkylation sites (tertiary alicyclic amines) is 1. The van der Waals surface area contributed by atoms with Crippen molar-refractivity contribution in [1.82, 2.24) is 19.5 Å². The molecule has 4 rings (SSSR count). The van der Waals surface area contributed by atoms with Crippen molar-refractivity contribution < 1.29 is 22.4 Å². The number of aryl methyl sites for hydroxylation is 1. The van der Waals surface area contributed by atoms with Gasteiger partial charge in [0.2, 0.25) is 5.91 Å². The van der Waals surface area contributed by atoms with Crippen LogP contribution in [0.25, 0.3) is 5.65 Å². The van der Waals surface area contributed by atoms with Crippen LogP contribution in [0.2, 0.25) is 0 Å². The van der Waals surface area contributed by atoms with Gasteiger partial charge in [-0.15, -0.1) is 0 Å². The largest absolute Gasteiger partial charge is 0.433 e. The Labute approximate surface area is 170 Å². The monoisotopic (exact) mass is 420 g/mol. The van der Waals surface area contributed by atoms with E-state index in [4.69, 9.17) is 0 Å². The lowest BCUT2D eigenvalue weighted by molar-refractivity contribution is -0.142. The molecule has 30 heavy (non-hydrogen) atoms. The predicted octanol–water partition coefficient (Wildman–Crippen LogP) is 4.14. The summed E-state index contributed by atoms with van der Waals surface area (Å²) in [5, 5.41) is 3.90. The van der Waals surface area contributed by atoms with Crippen molar-refractivity contribution in [3.05, 3.63) is 64.9 Å². The third-order valence-corrected chi connectivity index (χ3v) is 5.32. The number of alkyl halides is 3. The molecule has 3 aromatic rings. The van der Waals surface area contributed by atoms with E-state index >= 15 is 0 Å². The highest BCUT2D eigenvalue weighted by Gasteiger charge is 2.36. The quantitative estimate of drug-likeness (QED) is 0.599. The number of carbonyl (C=O) groups is 1. The molecule has 3 heterocycles. The highest BCUT2D eigenvalue weighted by molar-refractivity contribution is 5.79. The third kappa shape index (κ3) is 4.15. The molecular weight excluding hydrogens is 400 g/mol. The molecule has 5 nitrogen and oxygen atoms in total. The van der Waals surface area contributed by atoms with Crippen LogP contribution in [0.15, 0.2) is 36.4 Å². The Morgan fingerprint density at radius 1 is 1.20 bits per heavy atom. The van der Waals surface area contributed by atoms with E-state index in [0.717, 1.165) is 10.6 Å². The first kappa shape index (κ1) is 20.3. The van der Waals surface area contributed by atoms with E-state index in [0.29, 0.717) is 42.9 Å². The zero-order valence-electron chi connectivity index (χ0n) is 16.3. The number of aromatic nitrogens is 3. The maximum Gasteiger partial charge on any atom is 0.433 e. The van der Waals surface area contributed by atoms with Crippen molar-refractivity contribution in [2.75, 3.05) is 13.1 Å². The molecule has 1 aliphatic rings. The van der Waals surface area contributed by atoms with Gasteiger partial charge in [-0.25, -0.2) is 13.9 Å². The van der Waals surface area contributed by atoms with E-state index in [1.807, 2.05) is 0 Å². The molecule has 1 unspecified atom stereocenters. The number of rotatable bonds is 3. The SMILES string of the molecule is Cc1cc2nc(C3CCCN(C(=O)Cc4ccc(F)cc4)C3)cc(C(F)(F)F)n2n1. The fourth-order valence-corrected chi connectivity index (χ4v) is 3.85. The summed E-state index contributed by atoms with van der Waals surface area (Å²) in [6.45, 7) is 2.45. The van der Waals surface area contributed by atoms with Gasteiger partial charge in [-0.05, 0) is 43.5 Å². The second kappa shape index (κ2) is 7.70. The molecule has 1 aliphatic heterocycles. The fraction of sp³-hybridized carbons (Fsp3) is 0.381. The Morgan fingerprint density at radius 3 is 2.63 bits per heavy atom. The summed E-state index contributed by atoms with van der Waals surface area (Å²) in [5.74, 6) is -0.804. The van der Waals surface area contributed by atoms with Crippen LogP contribution in [0.3, 0.4) is 0 Å². The maximum atomic E-state index is 13.6. The fourth-order valence-electron chi connectivity index (χ4n) is 3.85. The van der Waals surface area contributed by atoms with Gasteiger partial charge in [0.15, 0.2) is 5.65 Å². The van der Waals surface area contributed by atoms with Crippen LogP contribution in [0, 0.1) is 12.7 Å². The van der Waals surface area contributed by atoms with Crippen LogP contribution < -0.4 is 0 Å². The zero-order chi connectivity index (χ0) is 21.5. The standard InChI is InChI=1S/C21H20F4N4O/c1-13-9-19-26-17(11-18(21(23,24)25)29(19)27-13)15-3-2-8-28(12-15)20(30)10-14-4-6-16(22)7-5-14/h4-7,9,11,15H,2-3,8,10,12H2,1H3. The summed E-state index contributed by atoms with van der Waals surface area (Å²) in [6.07, 6.45) is -3.13. The van der Waals surface area contributed by atoms with E-state index in [-0.39, 0.29) is 29.7 Å². The lowest BCUT2D eigenvalue weighted by Gasteiger charge is -2.33. The van der Waals surface area contributed by atoms with Crippen molar-refractivity contribution in [3.63, 3.8) is 0 Å². The summed E-state index contributed by atoms with van der Waals surface area (Å²) in [6, 6.07) is 8.26. The number of hydrogen-bond acceptors (Lipinski definition) is 3. The molecule has 1 amide bonds. The summed E-state index contributed by atoms with van der Waals surface area (Å²) in [5.41, 5.74) is 0.730. The molecule has 1 fully saturated rings. The van der Waals surface area contributed by atoms with Crippen LogP contribution >= 0.6 is 0 Å². The Hall–Kier alpha value is -2.97. The van der Waals surface area contributed by atoms with Gasteiger partial charge in [0.1, 0.15) is 11.5 Å². The Kier molecular flexibility index (Phi) is 5.21. The summed E-state index contributed by atoms with van der Waals surface area (Å²) >= 11 is 0. The molecule has 0 N–H and O–H groups in total. The summed E-state index contributed by atoms with van der Waals surface area (Å²) in [4.78, 5) is 18.7. The summed E-state index contributed by atoms with van der Waals surface area (Å²) < 4.78 is 54.6. The average molecular weight is 420 g/mol. The van der Waals surface area contributed by atoms with Crippen molar-refractivity contribution in [3.8, 4) is 0 Å². The van der Waals surface area contributed by atoms with Gasteiger partial charge >= 0.3 is 6.18 Å². The molecule has 0 radical (unpaired) electrons. The topological polar surface area (TPSA) is 50.5 Å². The number of halogens is 4. The van der Waals surface area contributed by atoms with Gasteiger partial charge in [0.05, 0.1) is 12.1 Å². The Morgan fingerprint density at radius 2 is 1.93 bits per heavy atom. The molecule has 0 spiro atoms. The Bertz CT molecular complexity index is 1080. The minimum atomic E-state index is -4.57. The molecular formula is C21H20F4N4O. The number of piperidine rings is 1. The molecule has 0 saturated carbocycles. The van der Waals surface area contributed by atoms with Crippen LogP contribution in [0.4, 0.5) is 17.6 Å². The highest BCUT2D eigenvalue weighted by Crippen LogP contribution is 2.33. The second-order valence-corrected chi connectivity index (χ2v) is 7.60. The molecule has 1 aromatic carbocycles. The van der Waals surface area contributed by atoms with Crippen LogP contribution in [0.5, 0.6) is 0 Å². The number of amides is 1. The van der Waals surface area contributed by atoms with Crippen molar-refractivity contribution in [2.45, 2.75) is 38.3 Å². The van der Waals surface area contributed by atoms with Crippen LogP contribution in [0.1, 0.15) is 41.4 Å². The number of fused-ring (bicyclic) bond motifs is 1. The van der Waals surface area contributed by atoms with E-state index < -0.39 is 11.9 Å². The lowest BCUT2D eigenvalue weighted by atomic mass is 9.93. The van der Waals surface area contributed by atoms with Gasteiger partial charge in [0, 0.05) is 30.8 Å². The zero-order valence-corrected chi connectivity index (χ0v) is 16.3. The number of hydrogen-bond donors (Lipinski definition) is 0. The molecule has 2 aromatic heterocycles. The number of benzene rings is 1. The maximum absolute atomic E-state index is 13.6. The minimum Gasteiger partial charge on any atom is -0.342 e. The smallest absolute Gasteiger partial charge is 0.342 e. The van der Waals surface area contributed by atoms with Gasteiger partial charge in [0.25, 0.3) is 0 Å². The van der Waals surface area contributed by atoms with Gasteiger partial charge in [-0.3, -0.25) is 4.79 Å². The Balaban J connectivity index is 1.57. The minimum absolute atomic E-state index is 0.120. The van der Waals surface area contributed by atoms with Crippen molar-refractivity contribution in [2.24, 2.45) is 0 Å². The van der Waals surface area contributed by atoms with E-state index in [2.05, 4.69) is 10.1 Å². The van der Waals surface area contributed by atoms with E-state index in [9.17, 15) is 22.4 Å². The van der Waals surface area contributed by atoms with Gasteiger partial charge in [-0.1, -0.05) is 12.1 Å². The van der Waals surface area contributed by atoms with Gasteiger partial charge < -0.3 is 4.90 Å². The molecule has 1 saturated heterocycles. The first-order valence-corrected chi connectivity index (χ1v) is 9.67.